The maximum Gasteiger partial charge on any atom is 0.258 e. The first-order valence-corrected chi connectivity index (χ1v) is 11.9. The number of aryl methyl sites for hydroxylation is 1. The van der Waals surface area contributed by atoms with Gasteiger partial charge in [-0.2, -0.15) is 0 Å². The van der Waals surface area contributed by atoms with Crippen LogP contribution in [0.3, 0.4) is 0 Å². The summed E-state index contributed by atoms with van der Waals surface area (Å²) in [6, 6.07) is 35.0. The molecule has 4 heteroatoms. The Morgan fingerprint density at radius 3 is 2.09 bits per heavy atom. The van der Waals surface area contributed by atoms with Crippen molar-refractivity contribution in [1.82, 2.24) is 5.32 Å². The van der Waals surface area contributed by atoms with E-state index in [2.05, 4.69) is 11.4 Å². The molecule has 4 rings (SSSR count). The van der Waals surface area contributed by atoms with Gasteiger partial charge in [0.1, 0.15) is 0 Å². The molecule has 4 aromatic carbocycles. The van der Waals surface area contributed by atoms with Gasteiger partial charge in [-0.25, -0.2) is 0 Å². The number of hydrogen-bond donors (Lipinski definition) is 1. The van der Waals surface area contributed by atoms with Crippen LogP contribution in [0.5, 0.6) is 0 Å². The first-order chi connectivity index (χ1) is 17.0. The smallest absolute Gasteiger partial charge is 0.258 e. The van der Waals surface area contributed by atoms with Crippen molar-refractivity contribution in [3.63, 3.8) is 0 Å². The van der Waals surface area contributed by atoms with Gasteiger partial charge in [0.05, 0.1) is 19.0 Å². The Kier molecular flexibility index (Phi) is 7.74. The van der Waals surface area contributed by atoms with Crippen LogP contribution in [0.4, 0.5) is 5.69 Å². The molecule has 0 aliphatic carbocycles. The molecule has 0 aliphatic heterocycles. The van der Waals surface area contributed by atoms with Gasteiger partial charge in [0.25, 0.3) is 5.91 Å². The van der Waals surface area contributed by atoms with Gasteiger partial charge < -0.3 is 10.2 Å². The van der Waals surface area contributed by atoms with Crippen LogP contribution in [0.25, 0.3) is 0 Å². The highest BCUT2D eigenvalue weighted by Gasteiger charge is 2.19. The third-order valence-electron chi connectivity index (χ3n) is 5.98. The number of nitrogens with zero attached hydrogens (tertiary/aromatic N) is 1. The molecular formula is C31H30N2O2. The number of rotatable bonds is 8. The lowest BCUT2D eigenvalue weighted by molar-refractivity contribution is -0.121. The SMILES string of the molecule is Cc1cccc(CN(C(=O)c2ccccc2)c2ccc(CC(=O)NC(C)c3ccccc3)cc2)c1. The van der Waals surface area contributed by atoms with E-state index < -0.39 is 0 Å². The molecule has 0 radical (unpaired) electrons. The van der Waals surface area contributed by atoms with Gasteiger partial charge in [0.2, 0.25) is 5.91 Å². The van der Waals surface area contributed by atoms with Crippen molar-refractivity contribution in [3.05, 3.63) is 137 Å². The molecular weight excluding hydrogens is 432 g/mol. The van der Waals surface area contributed by atoms with E-state index in [1.807, 2.05) is 117 Å². The van der Waals surface area contributed by atoms with Crippen LogP contribution in [-0.2, 0) is 17.8 Å². The van der Waals surface area contributed by atoms with E-state index in [1.165, 1.54) is 0 Å². The number of carbonyl (C=O) groups excluding carboxylic acids is 2. The Morgan fingerprint density at radius 2 is 1.43 bits per heavy atom. The molecule has 1 atom stereocenters. The second-order valence-electron chi connectivity index (χ2n) is 8.79. The first-order valence-electron chi connectivity index (χ1n) is 11.9. The van der Waals surface area contributed by atoms with E-state index in [0.29, 0.717) is 12.1 Å². The number of anilines is 1. The van der Waals surface area contributed by atoms with Crippen molar-refractivity contribution in [3.8, 4) is 0 Å². The summed E-state index contributed by atoms with van der Waals surface area (Å²) in [5, 5.41) is 3.06. The molecule has 176 valence electrons. The van der Waals surface area contributed by atoms with Gasteiger partial charge in [-0.3, -0.25) is 9.59 Å². The van der Waals surface area contributed by atoms with Gasteiger partial charge in [-0.05, 0) is 54.8 Å². The van der Waals surface area contributed by atoms with Gasteiger partial charge >= 0.3 is 0 Å². The lowest BCUT2D eigenvalue weighted by Crippen LogP contribution is -2.30. The second kappa shape index (κ2) is 11.3. The lowest BCUT2D eigenvalue weighted by Gasteiger charge is -2.24. The fourth-order valence-corrected chi connectivity index (χ4v) is 4.11. The average Bonchev–Trinajstić information content (AvgIpc) is 2.88. The van der Waals surface area contributed by atoms with Crippen molar-refractivity contribution in [2.24, 2.45) is 0 Å². The fourth-order valence-electron chi connectivity index (χ4n) is 4.11. The van der Waals surface area contributed by atoms with E-state index in [-0.39, 0.29) is 24.3 Å². The maximum atomic E-state index is 13.4. The van der Waals surface area contributed by atoms with E-state index in [0.717, 1.165) is 27.9 Å². The Balaban J connectivity index is 1.50. The molecule has 2 amide bonds. The molecule has 0 aromatic heterocycles. The highest BCUT2D eigenvalue weighted by molar-refractivity contribution is 6.06. The minimum Gasteiger partial charge on any atom is -0.349 e. The summed E-state index contributed by atoms with van der Waals surface area (Å²) in [5.41, 5.74) is 5.62. The minimum absolute atomic E-state index is 0.0360. The van der Waals surface area contributed by atoms with Crippen LogP contribution in [0.15, 0.2) is 109 Å². The first kappa shape index (κ1) is 24.0. The Morgan fingerprint density at radius 1 is 0.771 bits per heavy atom. The molecule has 0 fully saturated rings. The van der Waals surface area contributed by atoms with Gasteiger partial charge in [-0.15, -0.1) is 0 Å². The highest BCUT2D eigenvalue weighted by Crippen LogP contribution is 2.22. The molecule has 0 bridgehead atoms. The summed E-state index contributed by atoms with van der Waals surface area (Å²) in [4.78, 5) is 27.8. The zero-order valence-electron chi connectivity index (χ0n) is 20.1. The zero-order chi connectivity index (χ0) is 24.6. The predicted molar refractivity (Wildman–Crippen MR) is 141 cm³/mol. The monoisotopic (exact) mass is 462 g/mol. The van der Waals surface area contributed by atoms with Crippen LogP contribution < -0.4 is 10.2 Å². The summed E-state index contributed by atoms with van der Waals surface area (Å²) in [6.07, 6.45) is 0.280. The molecule has 4 aromatic rings. The standard InChI is InChI=1S/C31H30N2O2/c1-23-10-9-11-26(20-23)22-33(31(35)28-14-7-4-8-15-28)29-18-16-25(17-19-29)21-30(34)32-24(2)27-12-5-3-6-13-27/h3-20,24H,21-22H2,1-2H3,(H,32,34). The van der Waals surface area contributed by atoms with E-state index in [1.54, 1.807) is 4.90 Å². The third-order valence-corrected chi connectivity index (χ3v) is 5.98. The Labute approximate surface area is 207 Å². The summed E-state index contributed by atoms with van der Waals surface area (Å²) in [5.74, 6) is -0.0969. The van der Waals surface area contributed by atoms with Crippen molar-refractivity contribution in [2.75, 3.05) is 4.90 Å². The quantitative estimate of drug-likeness (QED) is 0.336. The van der Waals surface area contributed by atoms with Crippen LogP contribution in [0, 0.1) is 6.92 Å². The zero-order valence-corrected chi connectivity index (χ0v) is 20.1. The average molecular weight is 463 g/mol. The molecule has 4 nitrogen and oxygen atoms in total. The fraction of sp³-hybridized carbons (Fsp3) is 0.161. The molecule has 1 unspecified atom stereocenters. The number of amides is 2. The summed E-state index contributed by atoms with van der Waals surface area (Å²) in [6.45, 7) is 4.49. The van der Waals surface area contributed by atoms with Crippen LogP contribution in [0.2, 0.25) is 0 Å². The van der Waals surface area contributed by atoms with Crippen molar-refractivity contribution >= 4 is 17.5 Å². The van der Waals surface area contributed by atoms with Gasteiger partial charge in [0, 0.05) is 11.3 Å². The predicted octanol–water partition coefficient (Wildman–Crippen LogP) is 6.26. The molecule has 0 aliphatic rings. The van der Waals surface area contributed by atoms with Gasteiger partial charge in [-0.1, -0.05) is 90.5 Å². The molecule has 35 heavy (non-hydrogen) atoms. The van der Waals surface area contributed by atoms with E-state index >= 15 is 0 Å². The maximum absolute atomic E-state index is 13.4. The molecule has 0 saturated heterocycles. The van der Waals surface area contributed by atoms with Crippen LogP contribution in [0.1, 0.15) is 45.6 Å². The lowest BCUT2D eigenvalue weighted by atomic mass is 10.1. The van der Waals surface area contributed by atoms with Crippen molar-refractivity contribution < 1.29 is 9.59 Å². The summed E-state index contributed by atoms with van der Waals surface area (Å²) >= 11 is 0. The molecule has 0 spiro atoms. The topological polar surface area (TPSA) is 49.4 Å². The molecule has 0 saturated carbocycles. The number of nitrogens with one attached hydrogen (secondary N) is 1. The van der Waals surface area contributed by atoms with Crippen LogP contribution in [-0.4, -0.2) is 11.8 Å². The Bertz CT molecular complexity index is 1270. The normalized spacial score (nSPS) is 11.5. The third kappa shape index (κ3) is 6.45. The summed E-state index contributed by atoms with van der Waals surface area (Å²) in [7, 11) is 0. The largest absolute Gasteiger partial charge is 0.349 e. The second-order valence-corrected chi connectivity index (χ2v) is 8.79. The Hall–Kier alpha value is -4.18. The van der Waals surface area contributed by atoms with E-state index in [9.17, 15) is 9.59 Å². The number of carbonyl (C=O) groups is 2. The van der Waals surface area contributed by atoms with Crippen molar-refractivity contribution in [2.45, 2.75) is 32.9 Å². The highest BCUT2D eigenvalue weighted by atomic mass is 16.2. The van der Waals surface area contributed by atoms with Gasteiger partial charge in [0.15, 0.2) is 0 Å². The van der Waals surface area contributed by atoms with E-state index in [4.69, 9.17) is 0 Å². The molecule has 1 N–H and O–H groups in total. The van der Waals surface area contributed by atoms with Crippen LogP contribution >= 0.6 is 0 Å². The van der Waals surface area contributed by atoms with Crippen molar-refractivity contribution in [1.29, 1.82) is 0 Å². The summed E-state index contributed by atoms with van der Waals surface area (Å²) < 4.78 is 0. The molecule has 0 heterocycles. The number of benzene rings is 4. The minimum atomic E-state index is -0.0608. The number of hydrogen-bond acceptors (Lipinski definition) is 2.